The molecule has 1 N–H and O–H groups in total. The Balaban J connectivity index is 3.06. The molecule has 0 aliphatic heterocycles. The molecule has 1 aromatic heterocycles. The molecule has 0 bridgehead atoms. The fourth-order valence-electron chi connectivity index (χ4n) is 1.26. The van der Waals surface area contributed by atoms with Crippen molar-refractivity contribution in [2.75, 3.05) is 11.4 Å². The summed E-state index contributed by atoms with van der Waals surface area (Å²) in [6.45, 7) is 5.56. The van der Waals surface area contributed by atoms with Gasteiger partial charge in [-0.2, -0.15) is 0 Å². The number of halogens is 1. The lowest BCUT2D eigenvalue weighted by atomic mass is 10.1. The topological polar surface area (TPSA) is 66.3 Å². The third kappa shape index (κ3) is 3.34. The number of hydrogen-bond acceptors (Lipinski definition) is 4. The van der Waals surface area contributed by atoms with Crippen LogP contribution in [0.25, 0.3) is 0 Å². The molecule has 0 radical (unpaired) electrons. The molecule has 88 valence electrons. The second kappa shape index (κ2) is 4.65. The minimum absolute atomic E-state index is 0.140. The van der Waals surface area contributed by atoms with E-state index in [1.807, 2.05) is 20.8 Å². The van der Waals surface area contributed by atoms with Gasteiger partial charge in [0.1, 0.15) is 17.5 Å². The fraction of sp³-hybridized carbons (Fsp3) is 0.500. The summed E-state index contributed by atoms with van der Waals surface area (Å²) in [5.74, 6) is -0.459. The van der Waals surface area contributed by atoms with E-state index in [0.29, 0.717) is 5.82 Å². The highest BCUT2D eigenvalue weighted by molar-refractivity contribution is 6.29. The average molecular weight is 244 g/mol. The minimum Gasteiger partial charge on any atom is -0.480 e. The maximum atomic E-state index is 10.8. The van der Waals surface area contributed by atoms with E-state index in [-0.39, 0.29) is 17.2 Å². The van der Waals surface area contributed by atoms with E-state index in [4.69, 9.17) is 16.7 Å². The van der Waals surface area contributed by atoms with Gasteiger partial charge in [0.2, 0.25) is 0 Å². The summed E-state index contributed by atoms with van der Waals surface area (Å²) in [7, 11) is 0. The lowest BCUT2D eigenvalue weighted by Gasteiger charge is -2.35. The van der Waals surface area contributed by atoms with Crippen molar-refractivity contribution in [3.8, 4) is 0 Å². The molecule has 0 saturated heterocycles. The normalized spacial score (nSPS) is 11.2. The van der Waals surface area contributed by atoms with Crippen LogP contribution in [0.3, 0.4) is 0 Å². The summed E-state index contributed by atoms with van der Waals surface area (Å²) >= 11 is 5.73. The third-order valence-corrected chi connectivity index (χ3v) is 2.15. The zero-order valence-corrected chi connectivity index (χ0v) is 10.2. The molecule has 16 heavy (non-hydrogen) atoms. The minimum atomic E-state index is -0.920. The van der Waals surface area contributed by atoms with Gasteiger partial charge >= 0.3 is 5.97 Å². The highest BCUT2D eigenvalue weighted by Crippen LogP contribution is 2.21. The summed E-state index contributed by atoms with van der Waals surface area (Å²) in [5, 5.41) is 9.10. The van der Waals surface area contributed by atoms with Crippen molar-refractivity contribution in [3.63, 3.8) is 0 Å². The molecule has 0 aromatic carbocycles. The molecule has 0 unspecified atom stereocenters. The van der Waals surface area contributed by atoms with Crippen LogP contribution in [0.5, 0.6) is 0 Å². The van der Waals surface area contributed by atoms with E-state index in [2.05, 4.69) is 9.97 Å². The summed E-state index contributed by atoms with van der Waals surface area (Å²) in [6, 6.07) is 0. The van der Waals surface area contributed by atoms with Gasteiger partial charge in [-0.15, -0.1) is 0 Å². The van der Waals surface area contributed by atoms with E-state index >= 15 is 0 Å². The van der Waals surface area contributed by atoms with Crippen molar-refractivity contribution in [2.45, 2.75) is 26.3 Å². The number of anilines is 1. The summed E-state index contributed by atoms with van der Waals surface area (Å²) < 4.78 is 0. The number of hydrogen-bond donors (Lipinski definition) is 1. The first-order valence-electron chi connectivity index (χ1n) is 4.77. The van der Waals surface area contributed by atoms with E-state index in [0.717, 1.165) is 0 Å². The van der Waals surface area contributed by atoms with Gasteiger partial charge in [-0.3, -0.25) is 9.78 Å². The van der Waals surface area contributed by atoms with Crippen LogP contribution in [-0.2, 0) is 4.79 Å². The predicted octanol–water partition coefficient (Wildman–Crippen LogP) is 1.82. The predicted molar refractivity (Wildman–Crippen MR) is 61.8 cm³/mol. The Bertz CT molecular complexity index is 390. The molecule has 0 amide bonds. The van der Waals surface area contributed by atoms with E-state index < -0.39 is 5.97 Å². The molecular weight excluding hydrogens is 230 g/mol. The van der Waals surface area contributed by atoms with Crippen molar-refractivity contribution in [2.24, 2.45) is 0 Å². The first-order valence-corrected chi connectivity index (χ1v) is 5.15. The quantitative estimate of drug-likeness (QED) is 0.877. The lowest BCUT2D eigenvalue weighted by molar-refractivity contribution is -0.135. The van der Waals surface area contributed by atoms with Crippen LogP contribution < -0.4 is 4.90 Å². The van der Waals surface area contributed by atoms with Crippen LogP contribution in [0.15, 0.2) is 12.4 Å². The molecule has 0 fully saturated rings. The zero-order valence-electron chi connectivity index (χ0n) is 9.44. The monoisotopic (exact) mass is 243 g/mol. The number of aromatic nitrogens is 2. The number of carboxylic acid groups (broad SMARTS) is 1. The smallest absolute Gasteiger partial charge is 0.323 e. The van der Waals surface area contributed by atoms with Gasteiger partial charge in [-0.1, -0.05) is 11.6 Å². The Hall–Kier alpha value is -1.36. The molecule has 0 aliphatic carbocycles. The number of carboxylic acids is 1. The highest BCUT2D eigenvalue weighted by Gasteiger charge is 2.25. The standard InChI is InChI=1S/C10H14ClN3O2/c1-10(2,3)14(6-9(15)16)8-5-12-4-7(11)13-8/h4-5H,6H2,1-3H3,(H,15,16). The molecule has 1 rings (SSSR count). The second-order valence-corrected chi connectivity index (χ2v) is 4.74. The Morgan fingerprint density at radius 2 is 2.12 bits per heavy atom. The first kappa shape index (κ1) is 12.7. The molecular formula is C10H14ClN3O2. The van der Waals surface area contributed by atoms with Gasteiger partial charge < -0.3 is 10.0 Å². The molecule has 0 saturated carbocycles. The first-order chi connectivity index (χ1) is 7.30. The van der Waals surface area contributed by atoms with Crippen molar-refractivity contribution >= 4 is 23.4 Å². The fourth-order valence-corrected chi connectivity index (χ4v) is 1.40. The highest BCUT2D eigenvalue weighted by atomic mass is 35.5. The van der Waals surface area contributed by atoms with Crippen molar-refractivity contribution < 1.29 is 9.90 Å². The van der Waals surface area contributed by atoms with Gasteiger partial charge in [-0.25, -0.2) is 4.98 Å². The van der Waals surface area contributed by atoms with E-state index in [1.165, 1.54) is 12.4 Å². The second-order valence-electron chi connectivity index (χ2n) is 4.35. The molecule has 6 heteroatoms. The SMILES string of the molecule is CC(C)(C)N(CC(=O)O)c1cncc(Cl)n1. The van der Waals surface area contributed by atoms with Gasteiger partial charge in [-0.05, 0) is 20.8 Å². The van der Waals surface area contributed by atoms with E-state index in [9.17, 15) is 4.79 Å². The average Bonchev–Trinajstić information content (AvgIpc) is 2.12. The largest absolute Gasteiger partial charge is 0.480 e. The van der Waals surface area contributed by atoms with Crippen molar-refractivity contribution in [1.29, 1.82) is 0 Å². The van der Waals surface area contributed by atoms with Gasteiger partial charge in [0.15, 0.2) is 0 Å². The number of nitrogens with zero attached hydrogens (tertiary/aromatic N) is 3. The van der Waals surface area contributed by atoms with Crippen molar-refractivity contribution in [1.82, 2.24) is 9.97 Å². The molecule has 1 aromatic rings. The Labute approximate surface area is 99.1 Å². The molecule has 0 spiro atoms. The van der Waals surface area contributed by atoms with Crippen LogP contribution in [0.4, 0.5) is 5.82 Å². The molecule has 1 heterocycles. The Kier molecular flexibility index (Phi) is 3.70. The summed E-state index contributed by atoms with van der Waals surface area (Å²) in [5.41, 5.74) is -0.363. The summed E-state index contributed by atoms with van der Waals surface area (Å²) in [6.07, 6.45) is 2.91. The number of rotatable bonds is 3. The van der Waals surface area contributed by atoms with Crippen molar-refractivity contribution in [3.05, 3.63) is 17.5 Å². The maximum Gasteiger partial charge on any atom is 0.323 e. The molecule has 0 atom stereocenters. The van der Waals surface area contributed by atoms with Crippen LogP contribution >= 0.6 is 11.6 Å². The number of carbonyl (C=O) groups is 1. The molecule has 5 nitrogen and oxygen atoms in total. The Morgan fingerprint density at radius 3 is 2.56 bits per heavy atom. The van der Waals surface area contributed by atoms with Gasteiger partial charge in [0.05, 0.1) is 12.4 Å². The van der Waals surface area contributed by atoms with Gasteiger partial charge in [0.25, 0.3) is 0 Å². The Morgan fingerprint density at radius 1 is 1.50 bits per heavy atom. The number of aliphatic carboxylic acids is 1. The van der Waals surface area contributed by atoms with Gasteiger partial charge in [0, 0.05) is 5.54 Å². The zero-order chi connectivity index (χ0) is 12.3. The van der Waals surface area contributed by atoms with Crippen LogP contribution in [0.2, 0.25) is 5.15 Å². The maximum absolute atomic E-state index is 10.8. The summed E-state index contributed by atoms with van der Waals surface area (Å²) in [4.78, 5) is 20.4. The lowest BCUT2D eigenvalue weighted by Crippen LogP contribution is -2.45. The van der Waals surface area contributed by atoms with Crippen LogP contribution in [0.1, 0.15) is 20.8 Å². The van der Waals surface area contributed by atoms with Crippen LogP contribution in [-0.4, -0.2) is 33.1 Å². The van der Waals surface area contributed by atoms with E-state index in [1.54, 1.807) is 4.90 Å². The van der Waals surface area contributed by atoms with Crippen LogP contribution in [0, 0.1) is 0 Å². The third-order valence-electron chi connectivity index (χ3n) is 1.97. The molecule has 0 aliphatic rings.